The van der Waals surface area contributed by atoms with E-state index >= 15 is 0 Å². The lowest BCUT2D eigenvalue weighted by atomic mass is 9.85. The van der Waals surface area contributed by atoms with Gasteiger partial charge in [-0.15, -0.1) is 0 Å². The molecule has 0 radical (unpaired) electrons. The van der Waals surface area contributed by atoms with Crippen LogP contribution in [0, 0.1) is 11.8 Å². The Bertz CT molecular complexity index is 961. The predicted octanol–water partition coefficient (Wildman–Crippen LogP) is 4.02. The van der Waals surface area contributed by atoms with Gasteiger partial charge >= 0.3 is 0 Å². The maximum atomic E-state index is 12.4. The summed E-state index contributed by atoms with van der Waals surface area (Å²) in [6, 6.07) is 13.9. The van der Waals surface area contributed by atoms with E-state index < -0.39 is 5.91 Å². The highest BCUT2D eigenvalue weighted by atomic mass is 35.5. The number of likely N-dealkylation sites (tertiary alicyclic amines) is 1. The van der Waals surface area contributed by atoms with Gasteiger partial charge < -0.3 is 10.1 Å². The van der Waals surface area contributed by atoms with E-state index in [1.807, 2.05) is 24.3 Å². The summed E-state index contributed by atoms with van der Waals surface area (Å²) in [7, 11) is 0. The van der Waals surface area contributed by atoms with Crippen LogP contribution in [0.2, 0.25) is 5.02 Å². The van der Waals surface area contributed by atoms with Crippen molar-refractivity contribution in [1.82, 2.24) is 4.90 Å². The van der Waals surface area contributed by atoms with Crippen LogP contribution >= 0.6 is 11.6 Å². The zero-order valence-electron chi connectivity index (χ0n) is 15.5. The molecule has 2 aromatic carbocycles. The second-order valence-electron chi connectivity index (χ2n) is 7.02. The number of hydrogen-bond donors (Lipinski definition) is 1. The lowest BCUT2D eigenvalue weighted by Gasteiger charge is -2.14. The minimum atomic E-state index is -0.418. The number of rotatable bonds is 5. The second-order valence-corrected chi connectivity index (χ2v) is 7.43. The van der Waals surface area contributed by atoms with Gasteiger partial charge in [-0.1, -0.05) is 35.9 Å². The van der Waals surface area contributed by atoms with Crippen molar-refractivity contribution in [1.29, 1.82) is 0 Å². The fraction of sp³-hybridized carbons (Fsp3) is 0.227. The predicted molar refractivity (Wildman–Crippen MR) is 109 cm³/mol. The summed E-state index contributed by atoms with van der Waals surface area (Å²) in [6.07, 6.45) is 4.95. The number of anilines is 1. The van der Waals surface area contributed by atoms with E-state index in [-0.39, 0.29) is 30.2 Å². The molecule has 0 saturated carbocycles. The number of nitrogens with one attached hydrogen (secondary N) is 1. The first-order valence-corrected chi connectivity index (χ1v) is 9.73. The number of imide groups is 1. The van der Waals surface area contributed by atoms with Gasteiger partial charge in [0.1, 0.15) is 18.0 Å². The molecule has 0 spiro atoms. The molecule has 4 rings (SSSR count). The van der Waals surface area contributed by atoms with Gasteiger partial charge in [0, 0.05) is 5.69 Å². The van der Waals surface area contributed by atoms with Crippen molar-refractivity contribution in [2.75, 3.05) is 11.9 Å². The Morgan fingerprint density at radius 1 is 1.00 bits per heavy atom. The molecule has 1 fully saturated rings. The molecule has 1 saturated heterocycles. The number of fused-ring (bicyclic) bond motifs is 1. The summed E-state index contributed by atoms with van der Waals surface area (Å²) >= 11 is 6.08. The van der Waals surface area contributed by atoms with Crippen LogP contribution in [-0.2, 0) is 14.4 Å². The summed E-state index contributed by atoms with van der Waals surface area (Å²) in [4.78, 5) is 38.3. The standard InChI is InChI=1S/C22H19ClN2O4/c23-18-7-3-4-8-19(18)29-15-11-9-14(10-12-15)24-20(26)13-25-21(27)16-5-1-2-6-17(16)22(25)28/h1-4,7-12,16-17H,5-6,13H2,(H,24,26)/t16-,17-/m1/s1. The zero-order chi connectivity index (χ0) is 20.4. The molecule has 1 aliphatic carbocycles. The van der Waals surface area contributed by atoms with E-state index in [2.05, 4.69) is 5.32 Å². The molecule has 0 bridgehead atoms. The molecule has 0 aromatic heterocycles. The molecule has 0 unspecified atom stereocenters. The Labute approximate surface area is 173 Å². The normalized spacial score (nSPS) is 20.5. The van der Waals surface area contributed by atoms with Gasteiger partial charge in [-0.05, 0) is 49.2 Å². The Balaban J connectivity index is 1.36. The number of amides is 3. The fourth-order valence-corrected chi connectivity index (χ4v) is 3.80. The van der Waals surface area contributed by atoms with Gasteiger partial charge in [0.05, 0.1) is 16.9 Å². The van der Waals surface area contributed by atoms with E-state index in [0.717, 1.165) is 4.90 Å². The average Bonchev–Trinajstić information content (AvgIpc) is 2.96. The number of ether oxygens (including phenoxy) is 1. The highest BCUT2D eigenvalue weighted by Crippen LogP contribution is 2.35. The topological polar surface area (TPSA) is 75.7 Å². The second kappa shape index (κ2) is 8.09. The smallest absolute Gasteiger partial charge is 0.244 e. The van der Waals surface area contributed by atoms with Crippen LogP contribution in [0.25, 0.3) is 0 Å². The molecule has 2 atom stereocenters. The maximum Gasteiger partial charge on any atom is 0.244 e. The molecular formula is C22H19ClN2O4. The van der Waals surface area contributed by atoms with Crippen molar-refractivity contribution in [2.45, 2.75) is 12.8 Å². The van der Waals surface area contributed by atoms with E-state index in [4.69, 9.17) is 16.3 Å². The number of carbonyl (C=O) groups excluding carboxylic acids is 3. The van der Waals surface area contributed by atoms with Gasteiger partial charge in [0.2, 0.25) is 17.7 Å². The molecular weight excluding hydrogens is 392 g/mol. The number of halogens is 1. The SMILES string of the molecule is O=C(CN1C(=O)[C@@H]2CC=CC[C@H]2C1=O)Nc1ccc(Oc2ccccc2Cl)cc1. The molecule has 1 aliphatic heterocycles. The average molecular weight is 411 g/mol. The molecule has 6 nitrogen and oxygen atoms in total. The van der Waals surface area contributed by atoms with E-state index in [9.17, 15) is 14.4 Å². The van der Waals surface area contributed by atoms with Crippen LogP contribution in [0.5, 0.6) is 11.5 Å². The molecule has 3 amide bonds. The number of nitrogens with zero attached hydrogens (tertiary/aromatic N) is 1. The number of carbonyl (C=O) groups is 3. The molecule has 2 aliphatic rings. The Morgan fingerprint density at radius 2 is 1.62 bits per heavy atom. The Morgan fingerprint density at radius 3 is 2.24 bits per heavy atom. The fourth-order valence-electron chi connectivity index (χ4n) is 3.63. The Kier molecular flexibility index (Phi) is 5.36. The van der Waals surface area contributed by atoms with Crippen molar-refractivity contribution in [3.8, 4) is 11.5 Å². The first kappa shape index (κ1) is 19.2. The van der Waals surface area contributed by atoms with Crippen molar-refractivity contribution in [2.24, 2.45) is 11.8 Å². The van der Waals surface area contributed by atoms with Gasteiger partial charge in [0.15, 0.2) is 0 Å². The molecule has 148 valence electrons. The number of para-hydroxylation sites is 1. The largest absolute Gasteiger partial charge is 0.456 e. The maximum absolute atomic E-state index is 12.4. The van der Waals surface area contributed by atoms with Crippen molar-refractivity contribution in [3.05, 3.63) is 65.7 Å². The van der Waals surface area contributed by atoms with Gasteiger partial charge in [-0.25, -0.2) is 0 Å². The van der Waals surface area contributed by atoms with Gasteiger partial charge in [-0.2, -0.15) is 0 Å². The molecule has 1 N–H and O–H groups in total. The Hall–Kier alpha value is -3.12. The van der Waals surface area contributed by atoms with Crippen molar-refractivity contribution < 1.29 is 19.1 Å². The monoisotopic (exact) mass is 410 g/mol. The van der Waals surface area contributed by atoms with Crippen molar-refractivity contribution >= 4 is 35.0 Å². The third kappa shape index (κ3) is 4.03. The van der Waals surface area contributed by atoms with Crippen molar-refractivity contribution in [3.63, 3.8) is 0 Å². The quantitative estimate of drug-likeness (QED) is 0.596. The van der Waals surface area contributed by atoms with Crippen LogP contribution in [0.4, 0.5) is 5.69 Å². The minimum absolute atomic E-state index is 0.261. The van der Waals surface area contributed by atoms with E-state index in [1.54, 1.807) is 36.4 Å². The summed E-state index contributed by atoms with van der Waals surface area (Å²) in [5.41, 5.74) is 0.541. The minimum Gasteiger partial charge on any atom is -0.456 e. The van der Waals surface area contributed by atoms with Crippen LogP contribution < -0.4 is 10.1 Å². The number of allylic oxidation sites excluding steroid dienone is 2. The summed E-state index contributed by atoms with van der Waals surface area (Å²) in [6.45, 7) is -0.275. The van der Waals surface area contributed by atoms with Crippen LogP contribution in [0.1, 0.15) is 12.8 Å². The highest BCUT2D eigenvalue weighted by Gasteiger charge is 2.47. The first-order valence-electron chi connectivity index (χ1n) is 9.35. The summed E-state index contributed by atoms with van der Waals surface area (Å²) in [5.74, 6) is -0.502. The molecule has 29 heavy (non-hydrogen) atoms. The number of hydrogen-bond acceptors (Lipinski definition) is 4. The first-order chi connectivity index (χ1) is 14.0. The summed E-state index contributed by atoms with van der Waals surface area (Å²) < 4.78 is 5.71. The number of benzene rings is 2. The van der Waals surface area contributed by atoms with Crippen LogP contribution in [0.3, 0.4) is 0 Å². The van der Waals surface area contributed by atoms with Gasteiger partial charge in [0.25, 0.3) is 0 Å². The third-order valence-electron chi connectivity index (χ3n) is 5.10. The van der Waals surface area contributed by atoms with Crippen LogP contribution in [-0.4, -0.2) is 29.2 Å². The van der Waals surface area contributed by atoms with Gasteiger partial charge in [-0.3, -0.25) is 19.3 Å². The summed E-state index contributed by atoms with van der Waals surface area (Å²) in [5, 5.41) is 3.21. The van der Waals surface area contributed by atoms with E-state index in [0.29, 0.717) is 35.1 Å². The highest BCUT2D eigenvalue weighted by molar-refractivity contribution is 6.32. The van der Waals surface area contributed by atoms with E-state index in [1.165, 1.54) is 0 Å². The zero-order valence-corrected chi connectivity index (χ0v) is 16.3. The lowest BCUT2D eigenvalue weighted by molar-refractivity contribution is -0.142. The molecule has 1 heterocycles. The third-order valence-corrected chi connectivity index (χ3v) is 5.42. The van der Waals surface area contributed by atoms with Crippen LogP contribution in [0.15, 0.2) is 60.7 Å². The lowest BCUT2D eigenvalue weighted by Crippen LogP contribution is -2.38. The molecule has 2 aromatic rings. The molecule has 7 heteroatoms.